The molecule has 152 valence electrons. The van der Waals surface area contributed by atoms with Gasteiger partial charge in [-0.3, -0.25) is 9.36 Å². The van der Waals surface area contributed by atoms with Crippen LogP contribution in [0.3, 0.4) is 0 Å². The number of nitrogens with zero attached hydrogens (tertiary/aromatic N) is 6. The van der Waals surface area contributed by atoms with Crippen LogP contribution in [0.5, 0.6) is 0 Å². The van der Waals surface area contributed by atoms with Gasteiger partial charge in [-0.15, -0.1) is 6.58 Å². The van der Waals surface area contributed by atoms with Crippen molar-refractivity contribution < 1.29 is 4.39 Å². The van der Waals surface area contributed by atoms with E-state index in [1.54, 1.807) is 35.9 Å². The van der Waals surface area contributed by atoms with Crippen LogP contribution in [0, 0.1) is 12.7 Å². The Labute approximate surface area is 175 Å². The maximum absolute atomic E-state index is 13.3. The number of aromatic nitrogens is 5. The van der Waals surface area contributed by atoms with Crippen LogP contribution < -0.4 is 5.56 Å². The smallest absolute Gasteiger partial charge is 0.265 e. The summed E-state index contributed by atoms with van der Waals surface area (Å²) in [6, 6.07) is 13.4. The predicted molar refractivity (Wildman–Crippen MR) is 119 cm³/mol. The quantitative estimate of drug-likeness (QED) is 0.332. The highest BCUT2D eigenvalue weighted by molar-refractivity contribution is 6.05. The van der Waals surface area contributed by atoms with Crippen molar-refractivity contribution in [1.82, 2.24) is 24.2 Å². The van der Waals surface area contributed by atoms with Gasteiger partial charge in [0.15, 0.2) is 11.3 Å². The molecule has 0 saturated carbocycles. The highest BCUT2D eigenvalue weighted by atomic mass is 19.1. The van der Waals surface area contributed by atoms with Crippen molar-refractivity contribution in [2.45, 2.75) is 13.5 Å². The zero-order valence-electron chi connectivity index (χ0n) is 16.7. The second kappa shape index (κ2) is 7.24. The number of benzene rings is 2. The fourth-order valence-corrected chi connectivity index (χ4v) is 3.54. The number of rotatable bonds is 4. The van der Waals surface area contributed by atoms with Crippen molar-refractivity contribution in [2.75, 3.05) is 0 Å². The third-order valence-corrected chi connectivity index (χ3v) is 5.04. The number of allylic oxidation sites excluding steroid dienone is 1. The Balaban J connectivity index is 1.87. The summed E-state index contributed by atoms with van der Waals surface area (Å²) in [5.41, 5.74) is 3.04. The van der Waals surface area contributed by atoms with Crippen LogP contribution in [-0.4, -0.2) is 30.4 Å². The van der Waals surface area contributed by atoms with E-state index < -0.39 is 0 Å². The van der Waals surface area contributed by atoms with Gasteiger partial charge in [0.25, 0.3) is 5.56 Å². The Kier molecular flexibility index (Phi) is 4.39. The normalized spacial score (nSPS) is 11.8. The summed E-state index contributed by atoms with van der Waals surface area (Å²) in [5.74, 6) is 0.203. The SMILES string of the molecule is C=CCn1c(C)nc2c(c1=O)c1nc3ccccc3nc1n2N=Cc1ccc(F)cc1. The first-order chi connectivity index (χ1) is 15.1. The predicted octanol–water partition coefficient (Wildman–Crippen LogP) is 3.81. The lowest BCUT2D eigenvalue weighted by molar-refractivity contribution is 0.628. The molecule has 0 atom stereocenters. The van der Waals surface area contributed by atoms with Crippen LogP contribution in [-0.2, 0) is 6.54 Å². The van der Waals surface area contributed by atoms with Crippen LogP contribution in [0.15, 0.2) is 71.1 Å². The fourth-order valence-electron chi connectivity index (χ4n) is 3.54. The van der Waals surface area contributed by atoms with E-state index in [1.807, 2.05) is 24.3 Å². The van der Waals surface area contributed by atoms with E-state index in [9.17, 15) is 9.18 Å². The van der Waals surface area contributed by atoms with Crippen molar-refractivity contribution in [3.05, 3.63) is 88.7 Å². The molecule has 0 spiro atoms. The third kappa shape index (κ3) is 3.09. The third-order valence-electron chi connectivity index (χ3n) is 5.04. The lowest BCUT2D eigenvalue weighted by atomic mass is 10.2. The average Bonchev–Trinajstić information content (AvgIpc) is 3.07. The van der Waals surface area contributed by atoms with E-state index in [2.05, 4.69) is 16.7 Å². The Bertz CT molecular complexity index is 1560. The number of hydrogen-bond donors (Lipinski definition) is 0. The number of hydrogen-bond acceptors (Lipinski definition) is 5. The standard InChI is InChI=1S/C23H17FN6O/c1-3-12-29-14(2)26-21-19(23(29)31)20-22(28-18-7-5-4-6-17(18)27-20)30(21)25-13-15-8-10-16(24)11-9-15/h3-11,13H,1,12H2,2H3. The molecule has 0 saturated heterocycles. The van der Waals surface area contributed by atoms with Gasteiger partial charge in [-0.1, -0.05) is 30.3 Å². The summed E-state index contributed by atoms with van der Waals surface area (Å²) < 4.78 is 16.3. The van der Waals surface area contributed by atoms with Crippen LogP contribution in [0.1, 0.15) is 11.4 Å². The molecule has 7 nitrogen and oxygen atoms in total. The zero-order valence-corrected chi connectivity index (χ0v) is 16.7. The molecule has 0 fully saturated rings. The van der Waals surface area contributed by atoms with E-state index in [0.29, 0.717) is 51.2 Å². The van der Waals surface area contributed by atoms with Gasteiger partial charge >= 0.3 is 0 Å². The van der Waals surface area contributed by atoms with Crippen LogP contribution in [0.2, 0.25) is 0 Å². The molecule has 3 heterocycles. The van der Waals surface area contributed by atoms with Crippen molar-refractivity contribution in [2.24, 2.45) is 5.10 Å². The average molecular weight is 412 g/mol. The Morgan fingerprint density at radius 3 is 2.45 bits per heavy atom. The minimum atomic E-state index is -0.327. The molecule has 2 aromatic carbocycles. The maximum Gasteiger partial charge on any atom is 0.265 e. The molecule has 0 aliphatic heterocycles. The van der Waals surface area contributed by atoms with Gasteiger partial charge in [0.1, 0.15) is 22.5 Å². The number of fused-ring (bicyclic) bond motifs is 4. The Morgan fingerprint density at radius 1 is 1.03 bits per heavy atom. The Morgan fingerprint density at radius 2 is 1.74 bits per heavy atom. The van der Waals surface area contributed by atoms with Crippen LogP contribution in [0.4, 0.5) is 4.39 Å². The number of para-hydroxylation sites is 2. The number of aryl methyl sites for hydroxylation is 1. The van der Waals surface area contributed by atoms with Crippen molar-refractivity contribution in [3.8, 4) is 0 Å². The van der Waals surface area contributed by atoms with Gasteiger partial charge in [-0.2, -0.15) is 9.78 Å². The summed E-state index contributed by atoms with van der Waals surface area (Å²) in [4.78, 5) is 27.4. The van der Waals surface area contributed by atoms with E-state index in [-0.39, 0.29) is 11.4 Å². The van der Waals surface area contributed by atoms with E-state index in [1.165, 1.54) is 16.8 Å². The summed E-state index contributed by atoms with van der Waals surface area (Å²) in [7, 11) is 0. The minimum absolute atomic E-state index is 0.229. The molecule has 0 radical (unpaired) electrons. The van der Waals surface area contributed by atoms with Gasteiger partial charge in [-0.25, -0.2) is 19.3 Å². The van der Waals surface area contributed by atoms with E-state index >= 15 is 0 Å². The topological polar surface area (TPSA) is 78.0 Å². The molecule has 0 bridgehead atoms. The molecule has 0 aliphatic rings. The zero-order chi connectivity index (χ0) is 21.5. The minimum Gasteiger partial charge on any atom is -0.292 e. The highest BCUT2D eigenvalue weighted by Gasteiger charge is 2.20. The molecule has 5 rings (SSSR count). The first kappa shape index (κ1) is 18.8. The molecule has 0 aliphatic carbocycles. The molecule has 0 N–H and O–H groups in total. The Hall–Kier alpha value is -4.20. The van der Waals surface area contributed by atoms with Gasteiger partial charge in [0, 0.05) is 6.54 Å². The van der Waals surface area contributed by atoms with Gasteiger partial charge in [0.2, 0.25) is 0 Å². The van der Waals surface area contributed by atoms with Gasteiger partial charge < -0.3 is 0 Å². The molecular weight excluding hydrogens is 395 g/mol. The number of halogens is 1. The molecule has 5 aromatic rings. The molecule has 3 aromatic heterocycles. The second-order valence-corrected chi connectivity index (χ2v) is 7.05. The van der Waals surface area contributed by atoms with Crippen LogP contribution in [0.25, 0.3) is 33.2 Å². The monoisotopic (exact) mass is 412 g/mol. The van der Waals surface area contributed by atoms with Crippen molar-refractivity contribution >= 4 is 39.4 Å². The molecule has 8 heteroatoms. The van der Waals surface area contributed by atoms with Crippen molar-refractivity contribution in [3.63, 3.8) is 0 Å². The largest absolute Gasteiger partial charge is 0.292 e. The van der Waals surface area contributed by atoms with Crippen LogP contribution >= 0.6 is 0 Å². The van der Waals surface area contributed by atoms with E-state index in [4.69, 9.17) is 9.97 Å². The lowest BCUT2D eigenvalue weighted by Crippen LogP contribution is -2.23. The van der Waals surface area contributed by atoms with E-state index in [0.717, 1.165) is 0 Å². The summed E-state index contributed by atoms with van der Waals surface area (Å²) in [6.07, 6.45) is 3.22. The molecule has 0 amide bonds. The molecule has 0 unspecified atom stereocenters. The highest BCUT2D eigenvalue weighted by Crippen LogP contribution is 2.25. The molecule has 31 heavy (non-hydrogen) atoms. The first-order valence-corrected chi connectivity index (χ1v) is 9.66. The van der Waals surface area contributed by atoms with Crippen molar-refractivity contribution in [1.29, 1.82) is 0 Å². The fraction of sp³-hybridized carbons (Fsp3) is 0.0870. The summed E-state index contributed by atoms with van der Waals surface area (Å²) >= 11 is 0. The van der Waals surface area contributed by atoms with Gasteiger partial charge in [-0.05, 0) is 36.8 Å². The summed E-state index contributed by atoms with van der Waals surface area (Å²) in [5, 5.41) is 4.87. The molecular formula is C23H17FN6O. The lowest BCUT2D eigenvalue weighted by Gasteiger charge is -2.06. The maximum atomic E-state index is 13.3. The summed E-state index contributed by atoms with van der Waals surface area (Å²) in [6.45, 7) is 5.82. The second-order valence-electron chi connectivity index (χ2n) is 7.05. The first-order valence-electron chi connectivity index (χ1n) is 9.66. The van der Waals surface area contributed by atoms with Gasteiger partial charge in [0.05, 0.1) is 17.2 Å².